The third-order valence-corrected chi connectivity index (χ3v) is 3.05. The van der Waals surface area contributed by atoms with Gasteiger partial charge in [0.2, 0.25) is 0 Å². The van der Waals surface area contributed by atoms with E-state index in [9.17, 15) is 4.39 Å². The van der Waals surface area contributed by atoms with Crippen LogP contribution in [0.2, 0.25) is 0 Å². The van der Waals surface area contributed by atoms with Crippen LogP contribution in [-0.2, 0) is 0 Å². The van der Waals surface area contributed by atoms with Gasteiger partial charge in [0.05, 0.1) is 19.8 Å². The topological polar surface area (TPSA) is 52.9 Å². The molecule has 0 fully saturated rings. The van der Waals surface area contributed by atoms with Crippen molar-refractivity contribution < 1.29 is 19.3 Å². The van der Waals surface area contributed by atoms with E-state index in [1.165, 1.54) is 6.07 Å². The summed E-state index contributed by atoms with van der Waals surface area (Å²) in [6.07, 6.45) is 1.69. The summed E-state index contributed by atoms with van der Waals surface area (Å²) in [5.41, 5.74) is 0.971. The Morgan fingerprint density at radius 2 is 1.76 bits per heavy atom. The smallest absolute Gasteiger partial charge is 0.165 e. The number of benzene rings is 1. The summed E-state index contributed by atoms with van der Waals surface area (Å²) in [5, 5.41) is 17.8. The molecule has 21 heavy (non-hydrogen) atoms. The summed E-state index contributed by atoms with van der Waals surface area (Å²) in [6.45, 7) is 4.46. The zero-order valence-corrected chi connectivity index (χ0v) is 13.2. The minimum atomic E-state index is -0.335. The fraction of sp³-hybridized carbons (Fsp3) is 0.600. The number of hydrogen-bond acceptors (Lipinski definition) is 4. The number of aliphatic hydroxyl groups excluding tert-OH is 2. The van der Waals surface area contributed by atoms with E-state index >= 15 is 0 Å². The van der Waals surface area contributed by atoms with Gasteiger partial charge in [0.15, 0.2) is 11.6 Å². The molecule has 0 unspecified atom stereocenters. The third-order valence-electron chi connectivity index (χ3n) is 3.05. The van der Waals surface area contributed by atoms with Crippen molar-refractivity contribution in [1.29, 1.82) is 0 Å². The quantitative estimate of drug-likeness (QED) is 0.647. The molecule has 0 aromatic heterocycles. The maximum absolute atomic E-state index is 13.4. The fourth-order valence-electron chi connectivity index (χ4n) is 1.96. The molecule has 2 N–H and O–H groups in total. The Kier molecular flexibility index (Phi) is 11.3. The molecule has 122 valence electrons. The van der Waals surface area contributed by atoms with Crippen molar-refractivity contribution in [2.24, 2.45) is 0 Å². The van der Waals surface area contributed by atoms with Crippen LogP contribution in [0.25, 0.3) is 0 Å². The molecule has 0 heterocycles. The molecule has 0 aliphatic heterocycles. The maximum Gasteiger partial charge on any atom is 0.165 e. The molecule has 0 saturated carbocycles. The van der Waals surface area contributed by atoms with E-state index in [1.54, 1.807) is 12.1 Å². The SMILES string of the molecule is Cc1ccc(F)c(OCCCCN(CCO)CCO)c1.Cl. The van der Waals surface area contributed by atoms with E-state index in [2.05, 4.69) is 0 Å². The molecule has 0 amide bonds. The van der Waals surface area contributed by atoms with Crippen molar-refractivity contribution in [2.45, 2.75) is 19.8 Å². The van der Waals surface area contributed by atoms with E-state index in [4.69, 9.17) is 14.9 Å². The average molecular weight is 322 g/mol. The number of aliphatic hydroxyl groups is 2. The molecule has 0 saturated heterocycles. The van der Waals surface area contributed by atoms with Gasteiger partial charge in [0.1, 0.15) is 0 Å². The summed E-state index contributed by atoms with van der Waals surface area (Å²) in [6, 6.07) is 4.82. The van der Waals surface area contributed by atoms with Gasteiger partial charge in [0, 0.05) is 13.1 Å². The van der Waals surface area contributed by atoms with E-state index in [-0.39, 0.29) is 31.4 Å². The Labute approximate surface area is 131 Å². The van der Waals surface area contributed by atoms with Crippen LogP contribution in [0.15, 0.2) is 18.2 Å². The second kappa shape index (κ2) is 11.7. The van der Waals surface area contributed by atoms with Crippen LogP contribution in [0.5, 0.6) is 5.75 Å². The van der Waals surface area contributed by atoms with Crippen LogP contribution < -0.4 is 4.74 Å². The molecule has 1 aromatic rings. The summed E-state index contributed by atoms with van der Waals surface area (Å²) in [7, 11) is 0. The molecular formula is C15H25ClFNO3. The van der Waals surface area contributed by atoms with Gasteiger partial charge in [0.25, 0.3) is 0 Å². The minimum Gasteiger partial charge on any atom is -0.491 e. The van der Waals surface area contributed by atoms with Crippen LogP contribution in [0.1, 0.15) is 18.4 Å². The fourth-order valence-corrected chi connectivity index (χ4v) is 1.96. The molecule has 0 aliphatic carbocycles. The second-order valence-electron chi connectivity index (χ2n) is 4.78. The molecule has 0 aliphatic rings. The highest BCUT2D eigenvalue weighted by Crippen LogP contribution is 2.18. The van der Waals surface area contributed by atoms with Crippen LogP contribution >= 0.6 is 12.4 Å². The van der Waals surface area contributed by atoms with E-state index in [0.717, 1.165) is 24.9 Å². The lowest BCUT2D eigenvalue weighted by Crippen LogP contribution is -2.31. The van der Waals surface area contributed by atoms with Crippen molar-refractivity contribution in [3.63, 3.8) is 0 Å². The Hall–Kier alpha value is -0.880. The number of hydrogen-bond donors (Lipinski definition) is 2. The first-order valence-electron chi connectivity index (χ1n) is 7.00. The molecule has 4 nitrogen and oxygen atoms in total. The van der Waals surface area contributed by atoms with Gasteiger partial charge in [-0.3, -0.25) is 4.90 Å². The number of unbranched alkanes of at least 4 members (excludes halogenated alkanes) is 1. The molecule has 0 atom stereocenters. The summed E-state index contributed by atoms with van der Waals surface area (Å²) < 4.78 is 18.8. The van der Waals surface area contributed by atoms with Gasteiger partial charge in [-0.15, -0.1) is 12.4 Å². The van der Waals surface area contributed by atoms with Crippen LogP contribution in [0.4, 0.5) is 4.39 Å². The first-order valence-corrected chi connectivity index (χ1v) is 7.00. The summed E-state index contributed by atoms with van der Waals surface area (Å²) in [4.78, 5) is 1.99. The Morgan fingerprint density at radius 3 is 2.38 bits per heavy atom. The Bertz CT molecular complexity index is 387. The first kappa shape index (κ1) is 20.1. The number of nitrogens with zero attached hydrogens (tertiary/aromatic N) is 1. The highest BCUT2D eigenvalue weighted by molar-refractivity contribution is 5.85. The maximum atomic E-state index is 13.4. The Balaban J connectivity index is 0.00000400. The van der Waals surface area contributed by atoms with Gasteiger partial charge < -0.3 is 14.9 Å². The summed E-state index contributed by atoms with van der Waals surface area (Å²) in [5.74, 6) is -0.0367. The van der Waals surface area contributed by atoms with Crippen molar-refractivity contribution in [3.05, 3.63) is 29.6 Å². The van der Waals surface area contributed by atoms with Gasteiger partial charge in [-0.2, -0.15) is 0 Å². The third kappa shape index (κ3) is 8.21. The Morgan fingerprint density at radius 1 is 1.10 bits per heavy atom. The zero-order chi connectivity index (χ0) is 14.8. The average Bonchev–Trinajstić information content (AvgIpc) is 2.42. The summed E-state index contributed by atoms with van der Waals surface area (Å²) >= 11 is 0. The van der Waals surface area contributed by atoms with Crippen molar-refractivity contribution >= 4 is 12.4 Å². The van der Waals surface area contributed by atoms with Gasteiger partial charge in [-0.1, -0.05) is 6.07 Å². The molecular weight excluding hydrogens is 297 g/mol. The molecule has 6 heteroatoms. The normalized spacial score (nSPS) is 10.5. The predicted octanol–water partition coefficient (Wildman–Crippen LogP) is 2.00. The second-order valence-corrected chi connectivity index (χ2v) is 4.78. The van der Waals surface area contributed by atoms with Crippen molar-refractivity contribution in [3.8, 4) is 5.75 Å². The predicted molar refractivity (Wildman–Crippen MR) is 83.7 cm³/mol. The largest absolute Gasteiger partial charge is 0.491 e. The van der Waals surface area contributed by atoms with E-state index in [1.807, 2.05) is 11.8 Å². The van der Waals surface area contributed by atoms with E-state index < -0.39 is 0 Å². The van der Waals surface area contributed by atoms with Gasteiger partial charge >= 0.3 is 0 Å². The molecule has 0 radical (unpaired) electrons. The molecule has 0 spiro atoms. The van der Waals surface area contributed by atoms with Crippen LogP contribution in [-0.4, -0.2) is 54.6 Å². The number of halogens is 2. The van der Waals surface area contributed by atoms with Crippen LogP contribution in [0.3, 0.4) is 0 Å². The lowest BCUT2D eigenvalue weighted by molar-refractivity contribution is 0.157. The molecule has 1 aromatic carbocycles. The van der Waals surface area contributed by atoms with Gasteiger partial charge in [-0.05, 0) is 44.0 Å². The number of aryl methyl sites for hydroxylation is 1. The minimum absolute atomic E-state index is 0. The highest BCUT2D eigenvalue weighted by atomic mass is 35.5. The van der Waals surface area contributed by atoms with Crippen molar-refractivity contribution in [2.75, 3.05) is 39.5 Å². The standard InChI is InChI=1S/C15H24FNO3.ClH/c1-13-4-5-14(16)15(12-13)20-11-3-2-6-17(7-9-18)8-10-19;/h4-5,12,18-19H,2-3,6-11H2,1H3;1H. The first-order chi connectivity index (χ1) is 9.67. The molecule has 0 bridgehead atoms. The number of rotatable bonds is 10. The van der Waals surface area contributed by atoms with Crippen molar-refractivity contribution in [1.82, 2.24) is 4.90 Å². The monoisotopic (exact) mass is 321 g/mol. The number of ether oxygens (including phenoxy) is 1. The van der Waals surface area contributed by atoms with Gasteiger partial charge in [-0.25, -0.2) is 4.39 Å². The lowest BCUT2D eigenvalue weighted by atomic mass is 10.2. The van der Waals surface area contributed by atoms with Crippen LogP contribution in [0, 0.1) is 12.7 Å². The molecule has 1 rings (SSSR count). The zero-order valence-electron chi connectivity index (χ0n) is 12.4. The van der Waals surface area contributed by atoms with E-state index in [0.29, 0.717) is 25.4 Å². The highest BCUT2D eigenvalue weighted by Gasteiger charge is 2.05. The lowest BCUT2D eigenvalue weighted by Gasteiger charge is -2.19.